The average molecular weight is 282 g/mol. The molecular weight excluding hydrogens is 256 g/mol. The molecule has 2 N–H and O–H groups in total. The fourth-order valence-corrected chi connectivity index (χ4v) is 3.42. The van der Waals surface area contributed by atoms with Gasteiger partial charge >= 0.3 is 12.0 Å². The van der Waals surface area contributed by atoms with Crippen molar-refractivity contribution in [3.63, 3.8) is 0 Å². The Kier molecular flexibility index (Phi) is 5.26. The Labute approximate surface area is 120 Å². The predicted molar refractivity (Wildman–Crippen MR) is 76.5 cm³/mol. The second-order valence-corrected chi connectivity index (χ2v) is 6.45. The summed E-state index contributed by atoms with van der Waals surface area (Å²) >= 11 is 0. The van der Waals surface area contributed by atoms with E-state index in [1.54, 1.807) is 0 Å². The van der Waals surface area contributed by atoms with Crippen LogP contribution in [0, 0.1) is 11.8 Å². The van der Waals surface area contributed by atoms with Gasteiger partial charge in [-0.2, -0.15) is 0 Å². The number of rotatable bonds is 3. The predicted octanol–water partition coefficient (Wildman–Crippen LogP) is 2.46. The van der Waals surface area contributed by atoms with Gasteiger partial charge in [0.05, 0.1) is 0 Å². The molecule has 2 unspecified atom stereocenters. The van der Waals surface area contributed by atoms with Crippen LogP contribution < -0.4 is 5.32 Å². The van der Waals surface area contributed by atoms with Crippen LogP contribution in [0.1, 0.15) is 51.9 Å². The first-order chi connectivity index (χ1) is 9.54. The van der Waals surface area contributed by atoms with Crippen LogP contribution >= 0.6 is 0 Å². The zero-order valence-electron chi connectivity index (χ0n) is 12.3. The number of carbonyl (C=O) groups is 2. The van der Waals surface area contributed by atoms with Gasteiger partial charge in [0.15, 0.2) is 0 Å². The van der Waals surface area contributed by atoms with Crippen LogP contribution in [-0.4, -0.2) is 41.1 Å². The molecule has 1 saturated heterocycles. The molecule has 1 aliphatic heterocycles. The number of urea groups is 1. The van der Waals surface area contributed by atoms with E-state index in [1.165, 1.54) is 12.8 Å². The summed E-state index contributed by atoms with van der Waals surface area (Å²) < 4.78 is 0. The molecule has 0 aromatic carbocycles. The van der Waals surface area contributed by atoms with Gasteiger partial charge in [-0.25, -0.2) is 4.79 Å². The maximum absolute atomic E-state index is 12.2. The molecule has 0 radical (unpaired) electrons. The number of likely N-dealkylation sites (tertiary alicyclic amines) is 1. The summed E-state index contributed by atoms with van der Waals surface area (Å²) in [5.41, 5.74) is 0. The summed E-state index contributed by atoms with van der Waals surface area (Å²) in [4.78, 5) is 24.7. The van der Waals surface area contributed by atoms with Crippen molar-refractivity contribution < 1.29 is 14.7 Å². The third kappa shape index (κ3) is 4.39. The van der Waals surface area contributed by atoms with Crippen LogP contribution in [-0.2, 0) is 4.79 Å². The lowest BCUT2D eigenvalue weighted by atomic mass is 9.87. The first-order valence-electron chi connectivity index (χ1n) is 7.82. The molecule has 114 valence electrons. The number of amides is 2. The minimum absolute atomic E-state index is 0.0397. The molecule has 5 nitrogen and oxygen atoms in total. The molecule has 2 aliphatic rings. The van der Waals surface area contributed by atoms with E-state index in [-0.39, 0.29) is 18.4 Å². The van der Waals surface area contributed by atoms with Crippen LogP contribution in [0.5, 0.6) is 0 Å². The van der Waals surface area contributed by atoms with Gasteiger partial charge in [-0.1, -0.05) is 19.8 Å². The second kappa shape index (κ2) is 6.95. The molecule has 0 bridgehead atoms. The molecule has 0 aromatic heterocycles. The maximum Gasteiger partial charge on any atom is 0.317 e. The zero-order valence-corrected chi connectivity index (χ0v) is 12.3. The van der Waals surface area contributed by atoms with E-state index >= 15 is 0 Å². The van der Waals surface area contributed by atoms with E-state index in [1.807, 2.05) is 4.90 Å². The number of nitrogens with one attached hydrogen (secondary N) is 1. The van der Waals surface area contributed by atoms with E-state index in [0.717, 1.165) is 25.7 Å². The van der Waals surface area contributed by atoms with Crippen molar-refractivity contribution in [2.75, 3.05) is 13.1 Å². The highest BCUT2D eigenvalue weighted by Gasteiger charge is 2.26. The van der Waals surface area contributed by atoms with Crippen molar-refractivity contribution in [2.45, 2.75) is 57.9 Å². The summed E-state index contributed by atoms with van der Waals surface area (Å²) in [6, 6.07) is 0.362. The number of piperidine rings is 1. The fraction of sp³-hybridized carbons (Fsp3) is 0.867. The lowest BCUT2D eigenvalue weighted by Crippen LogP contribution is -2.49. The zero-order chi connectivity index (χ0) is 14.5. The number of carbonyl (C=O) groups excluding carboxylic acids is 1. The lowest BCUT2D eigenvalue weighted by molar-refractivity contribution is -0.138. The molecule has 20 heavy (non-hydrogen) atoms. The van der Waals surface area contributed by atoms with Crippen LogP contribution in [0.2, 0.25) is 0 Å². The topological polar surface area (TPSA) is 69.6 Å². The Hall–Kier alpha value is -1.26. The van der Waals surface area contributed by atoms with E-state index in [2.05, 4.69) is 12.2 Å². The maximum atomic E-state index is 12.2. The van der Waals surface area contributed by atoms with Gasteiger partial charge in [0.25, 0.3) is 0 Å². The van der Waals surface area contributed by atoms with E-state index in [9.17, 15) is 9.59 Å². The number of hydrogen-bond acceptors (Lipinski definition) is 2. The monoisotopic (exact) mass is 282 g/mol. The van der Waals surface area contributed by atoms with Crippen LogP contribution in [0.4, 0.5) is 4.79 Å². The second-order valence-electron chi connectivity index (χ2n) is 6.45. The van der Waals surface area contributed by atoms with Crippen LogP contribution in [0.25, 0.3) is 0 Å². The molecule has 2 amide bonds. The summed E-state index contributed by atoms with van der Waals surface area (Å²) in [5.74, 6) is 0.200. The highest BCUT2D eigenvalue weighted by atomic mass is 16.4. The smallest absolute Gasteiger partial charge is 0.317 e. The Morgan fingerprint density at radius 2 is 1.90 bits per heavy atom. The molecule has 1 aliphatic carbocycles. The number of carboxylic acid groups (broad SMARTS) is 1. The quantitative estimate of drug-likeness (QED) is 0.835. The number of hydrogen-bond donors (Lipinski definition) is 2. The summed E-state index contributed by atoms with van der Waals surface area (Å²) in [6.07, 6.45) is 6.49. The summed E-state index contributed by atoms with van der Waals surface area (Å²) in [5, 5.41) is 11.9. The minimum atomic E-state index is -0.732. The fourth-order valence-electron chi connectivity index (χ4n) is 3.42. The van der Waals surface area contributed by atoms with Crippen LogP contribution in [0.3, 0.4) is 0 Å². The van der Waals surface area contributed by atoms with Gasteiger partial charge in [-0.05, 0) is 37.5 Å². The molecule has 0 spiro atoms. The molecule has 1 heterocycles. The highest BCUT2D eigenvalue weighted by molar-refractivity contribution is 5.74. The van der Waals surface area contributed by atoms with Crippen molar-refractivity contribution >= 4 is 12.0 Å². The van der Waals surface area contributed by atoms with Gasteiger partial charge in [-0.3, -0.25) is 4.79 Å². The van der Waals surface area contributed by atoms with E-state index in [0.29, 0.717) is 25.0 Å². The van der Waals surface area contributed by atoms with Gasteiger partial charge in [-0.15, -0.1) is 0 Å². The Morgan fingerprint density at radius 3 is 2.50 bits per heavy atom. The molecule has 2 atom stereocenters. The Balaban J connectivity index is 1.73. The van der Waals surface area contributed by atoms with Gasteiger partial charge in [0, 0.05) is 25.6 Å². The number of aliphatic carboxylic acids is 1. The standard InChI is InChI=1S/C15H26N2O3/c1-11-3-2-4-13(9-11)16-15(20)17-7-5-12(6-8-17)10-14(18)19/h11-13H,2-10H2,1H3,(H,16,20)(H,18,19). The van der Waals surface area contributed by atoms with Crippen molar-refractivity contribution in [1.29, 1.82) is 0 Å². The SMILES string of the molecule is CC1CCCC(NC(=O)N2CCC(CC(=O)O)CC2)C1. The van der Waals surface area contributed by atoms with Gasteiger partial charge in [0.1, 0.15) is 0 Å². The largest absolute Gasteiger partial charge is 0.481 e. The molecular formula is C15H26N2O3. The third-order valence-electron chi connectivity index (χ3n) is 4.63. The molecule has 1 saturated carbocycles. The molecule has 2 rings (SSSR count). The van der Waals surface area contributed by atoms with E-state index in [4.69, 9.17) is 5.11 Å². The first kappa shape index (κ1) is 15.1. The Morgan fingerprint density at radius 1 is 1.20 bits per heavy atom. The normalized spacial score (nSPS) is 28.1. The third-order valence-corrected chi connectivity index (χ3v) is 4.63. The summed E-state index contributed by atoms with van der Waals surface area (Å²) in [6.45, 7) is 3.62. The van der Waals surface area contributed by atoms with Crippen molar-refractivity contribution in [3.05, 3.63) is 0 Å². The number of carboxylic acids is 1. The summed E-state index contributed by atoms with van der Waals surface area (Å²) in [7, 11) is 0. The van der Waals surface area contributed by atoms with E-state index < -0.39 is 5.97 Å². The van der Waals surface area contributed by atoms with Crippen molar-refractivity contribution in [3.8, 4) is 0 Å². The Bertz CT molecular complexity index is 351. The van der Waals surface area contributed by atoms with Gasteiger partial charge < -0.3 is 15.3 Å². The van der Waals surface area contributed by atoms with Crippen molar-refractivity contribution in [1.82, 2.24) is 10.2 Å². The molecule has 5 heteroatoms. The highest BCUT2D eigenvalue weighted by Crippen LogP contribution is 2.24. The van der Waals surface area contributed by atoms with Crippen molar-refractivity contribution in [2.24, 2.45) is 11.8 Å². The average Bonchev–Trinajstić information content (AvgIpc) is 2.38. The van der Waals surface area contributed by atoms with Gasteiger partial charge in [0.2, 0.25) is 0 Å². The first-order valence-corrected chi connectivity index (χ1v) is 7.82. The van der Waals surface area contributed by atoms with Crippen LogP contribution in [0.15, 0.2) is 0 Å². The lowest BCUT2D eigenvalue weighted by Gasteiger charge is -2.34. The number of nitrogens with zero attached hydrogens (tertiary/aromatic N) is 1. The minimum Gasteiger partial charge on any atom is -0.481 e. The molecule has 0 aromatic rings. The molecule has 2 fully saturated rings.